The first-order valence-corrected chi connectivity index (χ1v) is 11.5. The number of hydrogen-bond acceptors (Lipinski definition) is 9. The highest BCUT2D eigenvalue weighted by atomic mass is 16.6. The molecule has 1 heterocycles. The molecule has 188 valence electrons. The normalized spacial score (nSPS) is 25.5. The van der Waals surface area contributed by atoms with Crippen molar-refractivity contribution >= 4 is 5.97 Å². The van der Waals surface area contributed by atoms with Gasteiger partial charge in [0.15, 0.2) is 6.10 Å². The number of hydrogen-bond donors (Lipinski definition) is 5. The van der Waals surface area contributed by atoms with E-state index in [1.54, 1.807) is 0 Å². The molecule has 6 N–H and O–H groups in total. The van der Waals surface area contributed by atoms with E-state index in [0.717, 1.165) is 37.2 Å². The Hall–Kier alpha value is -1.63. The third-order valence-electron chi connectivity index (χ3n) is 5.55. The van der Waals surface area contributed by atoms with E-state index in [0.29, 0.717) is 33.0 Å². The van der Waals surface area contributed by atoms with Crippen LogP contribution in [0.25, 0.3) is 0 Å². The molecule has 5 unspecified atom stereocenters. The van der Waals surface area contributed by atoms with E-state index >= 15 is 0 Å². The number of aliphatic carboxylic acids is 1. The monoisotopic (exact) mass is 470 g/mol. The summed E-state index contributed by atoms with van der Waals surface area (Å²) in [6.45, 7) is 7.35. The van der Waals surface area contributed by atoms with Gasteiger partial charge in [-0.05, 0) is 24.1 Å². The zero-order valence-corrected chi connectivity index (χ0v) is 19.2. The fourth-order valence-corrected chi connectivity index (χ4v) is 3.78. The number of rotatable bonds is 15. The van der Waals surface area contributed by atoms with Gasteiger partial charge in [-0.2, -0.15) is 0 Å². The second kappa shape index (κ2) is 14.6. The summed E-state index contributed by atoms with van der Waals surface area (Å²) in [7, 11) is 0. The predicted octanol–water partition coefficient (Wildman–Crippen LogP) is -0.632. The number of carboxylic acids is 1. The molecular formula is C23H38N2O8. The smallest absolute Gasteiger partial charge is 0.335 e. The lowest BCUT2D eigenvalue weighted by Crippen LogP contribution is -2.60. The van der Waals surface area contributed by atoms with Crippen LogP contribution in [0.1, 0.15) is 24.5 Å². The van der Waals surface area contributed by atoms with Crippen molar-refractivity contribution in [2.24, 2.45) is 5.73 Å². The van der Waals surface area contributed by atoms with Crippen molar-refractivity contribution in [3.05, 3.63) is 35.4 Å². The highest BCUT2D eigenvalue weighted by molar-refractivity contribution is 5.73. The summed E-state index contributed by atoms with van der Waals surface area (Å²) in [5, 5.41) is 39.2. The van der Waals surface area contributed by atoms with Gasteiger partial charge >= 0.3 is 5.97 Å². The number of carboxylic acid groups (broad SMARTS) is 1. The van der Waals surface area contributed by atoms with Gasteiger partial charge in [-0.25, -0.2) is 4.79 Å². The number of aliphatic hydroxyl groups excluding tert-OH is 3. The third-order valence-corrected chi connectivity index (χ3v) is 5.55. The van der Waals surface area contributed by atoms with Gasteiger partial charge in [-0.1, -0.05) is 31.2 Å². The zero-order chi connectivity index (χ0) is 24.2. The van der Waals surface area contributed by atoms with E-state index in [-0.39, 0.29) is 6.42 Å². The van der Waals surface area contributed by atoms with Crippen molar-refractivity contribution in [1.82, 2.24) is 4.90 Å². The number of carbonyl (C=O) groups is 1. The highest BCUT2D eigenvalue weighted by Crippen LogP contribution is 2.24. The number of nitrogens with zero attached hydrogens (tertiary/aromatic N) is 1. The van der Waals surface area contributed by atoms with Crippen molar-refractivity contribution in [1.29, 1.82) is 0 Å². The van der Waals surface area contributed by atoms with Gasteiger partial charge in [0.25, 0.3) is 0 Å². The molecule has 10 heteroatoms. The molecule has 1 saturated heterocycles. The summed E-state index contributed by atoms with van der Waals surface area (Å²) in [6, 6.07) is 7.76. The average molecular weight is 471 g/mol. The van der Waals surface area contributed by atoms with Crippen LogP contribution in [0, 0.1) is 0 Å². The second-order valence-electron chi connectivity index (χ2n) is 8.22. The number of nitrogens with two attached hydrogens (primary N) is 1. The first-order chi connectivity index (χ1) is 15.9. The standard InChI is InChI=1S/C23H38N2O8/c1-2-8-25(9-11-32-13-12-31-10-7-24)15-17-5-3-16(4-6-17)14-18-19(26)20(27)21(28)22(33-18)23(29)30/h3-6,18-22,26-28H,2,7-15,24H2,1H3,(H,29,30). The molecule has 5 atom stereocenters. The molecule has 0 aliphatic carbocycles. The van der Waals surface area contributed by atoms with Crippen LogP contribution >= 0.6 is 0 Å². The van der Waals surface area contributed by atoms with Crippen molar-refractivity contribution in [3.63, 3.8) is 0 Å². The Morgan fingerprint density at radius 2 is 1.61 bits per heavy atom. The molecule has 0 bridgehead atoms. The summed E-state index contributed by atoms with van der Waals surface area (Å²) in [6.07, 6.45) is -5.91. The van der Waals surface area contributed by atoms with Gasteiger partial charge in [0.2, 0.25) is 0 Å². The van der Waals surface area contributed by atoms with E-state index in [1.165, 1.54) is 0 Å². The average Bonchev–Trinajstić information content (AvgIpc) is 2.79. The maximum Gasteiger partial charge on any atom is 0.335 e. The lowest BCUT2D eigenvalue weighted by atomic mass is 9.91. The maximum atomic E-state index is 11.3. The molecule has 1 aliphatic rings. The summed E-state index contributed by atoms with van der Waals surface area (Å²) >= 11 is 0. The van der Waals surface area contributed by atoms with Gasteiger partial charge in [-0.3, -0.25) is 4.90 Å². The van der Waals surface area contributed by atoms with Crippen molar-refractivity contribution in [2.45, 2.75) is 56.8 Å². The van der Waals surface area contributed by atoms with E-state index in [9.17, 15) is 25.2 Å². The molecule has 0 radical (unpaired) electrons. The Balaban J connectivity index is 1.85. The summed E-state index contributed by atoms with van der Waals surface area (Å²) in [5.74, 6) is -1.38. The van der Waals surface area contributed by atoms with Gasteiger partial charge in [0.05, 0.1) is 32.5 Å². The van der Waals surface area contributed by atoms with E-state index in [4.69, 9.17) is 19.9 Å². The van der Waals surface area contributed by atoms with E-state index in [2.05, 4.69) is 11.8 Å². The quantitative estimate of drug-likeness (QED) is 0.209. The first-order valence-electron chi connectivity index (χ1n) is 11.5. The Morgan fingerprint density at radius 1 is 0.970 bits per heavy atom. The molecule has 1 aliphatic heterocycles. The van der Waals surface area contributed by atoms with Crippen LogP contribution in [0.5, 0.6) is 0 Å². The fourth-order valence-electron chi connectivity index (χ4n) is 3.78. The van der Waals surface area contributed by atoms with Crippen LogP contribution in [-0.2, 0) is 32.0 Å². The summed E-state index contributed by atoms with van der Waals surface area (Å²) in [5.41, 5.74) is 7.32. The van der Waals surface area contributed by atoms with Crippen molar-refractivity contribution < 1.29 is 39.4 Å². The lowest BCUT2D eigenvalue weighted by Gasteiger charge is -2.39. The second-order valence-corrected chi connectivity index (χ2v) is 8.22. The highest BCUT2D eigenvalue weighted by Gasteiger charge is 2.46. The van der Waals surface area contributed by atoms with Crippen molar-refractivity contribution in [3.8, 4) is 0 Å². The van der Waals surface area contributed by atoms with Crippen molar-refractivity contribution in [2.75, 3.05) is 46.1 Å². The molecule has 1 aromatic carbocycles. The Morgan fingerprint density at radius 3 is 2.21 bits per heavy atom. The number of aliphatic hydroxyl groups is 3. The fraction of sp³-hybridized carbons (Fsp3) is 0.696. The van der Waals surface area contributed by atoms with Gasteiger partial charge in [0, 0.05) is 26.1 Å². The largest absolute Gasteiger partial charge is 0.479 e. The molecule has 33 heavy (non-hydrogen) atoms. The first kappa shape index (κ1) is 27.6. The van der Waals surface area contributed by atoms with Crippen LogP contribution in [0.3, 0.4) is 0 Å². The van der Waals surface area contributed by atoms with Gasteiger partial charge in [-0.15, -0.1) is 0 Å². The minimum Gasteiger partial charge on any atom is -0.479 e. The molecule has 2 rings (SSSR count). The van der Waals surface area contributed by atoms with Crippen LogP contribution in [0.4, 0.5) is 0 Å². The summed E-state index contributed by atoms with van der Waals surface area (Å²) < 4.78 is 16.3. The van der Waals surface area contributed by atoms with Gasteiger partial charge in [0.1, 0.15) is 18.3 Å². The minimum absolute atomic E-state index is 0.216. The van der Waals surface area contributed by atoms with Crippen LogP contribution in [0.2, 0.25) is 0 Å². The number of ether oxygens (including phenoxy) is 3. The Labute approximate surface area is 194 Å². The third kappa shape index (κ3) is 8.91. The van der Waals surface area contributed by atoms with E-state index in [1.807, 2.05) is 24.3 Å². The summed E-state index contributed by atoms with van der Waals surface area (Å²) in [4.78, 5) is 13.6. The molecule has 0 saturated carbocycles. The SMILES string of the molecule is CCCN(CCOCCOCCN)Cc1ccc(CC2OC(C(=O)O)C(O)C(O)C2O)cc1. The molecule has 0 aromatic heterocycles. The Kier molecular flexibility index (Phi) is 12.2. The van der Waals surface area contributed by atoms with E-state index < -0.39 is 36.5 Å². The molecule has 1 fully saturated rings. The predicted molar refractivity (Wildman–Crippen MR) is 121 cm³/mol. The lowest BCUT2D eigenvalue weighted by molar-refractivity contribution is -0.227. The maximum absolute atomic E-state index is 11.3. The molecule has 0 amide bonds. The minimum atomic E-state index is -1.68. The molecule has 0 spiro atoms. The Bertz CT molecular complexity index is 690. The molecular weight excluding hydrogens is 432 g/mol. The van der Waals surface area contributed by atoms with Crippen LogP contribution < -0.4 is 5.73 Å². The van der Waals surface area contributed by atoms with Crippen LogP contribution in [-0.4, -0.2) is 108 Å². The topological polar surface area (TPSA) is 155 Å². The molecule has 10 nitrogen and oxygen atoms in total. The zero-order valence-electron chi connectivity index (χ0n) is 19.2. The number of benzene rings is 1. The molecule has 1 aromatic rings. The van der Waals surface area contributed by atoms with Crippen LogP contribution in [0.15, 0.2) is 24.3 Å². The van der Waals surface area contributed by atoms with Gasteiger partial charge < -0.3 is 40.4 Å².